The first kappa shape index (κ1) is 22.1. The van der Waals surface area contributed by atoms with Gasteiger partial charge < -0.3 is 0 Å². The normalized spacial score (nSPS) is 15.2. The van der Waals surface area contributed by atoms with Gasteiger partial charge in [-0.15, -0.1) is 0 Å². The van der Waals surface area contributed by atoms with Crippen LogP contribution in [0.2, 0.25) is 13.1 Å². The third-order valence-corrected chi connectivity index (χ3v) is 11.5. The van der Waals surface area contributed by atoms with Gasteiger partial charge in [0, 0.05) is 11.6 Å². The predicted octanol–water partition coefficient (Wildman–Crippen LogP) is 6.51. The number of hydrogen-bond acceptors (Lipinski definition) is 0. The number of pyridine rings is 1. The molecule has 168 valence electrons. The molecule has 0 spiro atoms. The third-order valence-electron chi connectivity index (χ3n) is 7.95. The lowest BCUT2D eigenvalue weighted by molar-refractivity contribution is -0.659. The fourth-order valence-corrected chi connectivity index (χ4v) is 8.08. The van der Waals surface area contributed by atoms with E-state index in [1.165, 1.54) is 75.6 Å². The molecule has 4 aromatic rings. The van der Waals surface area contributed by atoms with Gasteiger partial charge in [0.05, 0.1) is 5.39 Å². The molecule has 1 nitrogen and oxygen atoms in total. The summed E-state index contributed by atoms with van der Waals surface area (Å²) in [7, 11) is 0.460. The Balaban J connectivity index is 1.62. The van der Waals surface area contributed by atoms with Crippen molar-refractivity contribution >= 4 is 29.2 Å². The van der Waals surface area contributed by atoms with Crippen LogP contribution in [0.5, 0.6) is 0 Å². The van der Waals surface area contributed by atoms with E-state index in [1.807, 2.05) is 0 Å². The molecule has 1 aromatic heterocycles. The molecule has 2 heteroatoms. The molecule has 0 bridgehead atoms. The van der Waals surface area contributed by atoms with Crippen LogP contribution in [0.15, 0.2) is 79.0 Å². The number of rotatable bonds is 4. The van der Waals surface area contributed by atoms with Crippen molar-refractivity contribution in [2.45, 2.75) is 58.0 Å². The fourth-order valence-electron chi connectivity index (χ4n) is 5.70. The summed E-state index contributed by atoms with van der Waals surface area (Å²) in [6.45, 7) is 7.19. The lowest BCUT2D eigenvalue weighted by atomic mass is 9.82. The second-order valence-corrected chi connectivity index (χ2v) is 14.9. The highest BCUT2D eigenvalue weighted by Crippen LogP contribution is 2.36. The molecule has 1 aliphatic carbocycles. The fraction of sp³-hybridized carbons (Fsp3) is 0.323. The largest absolute Gasteiger partial charge is 0.220 e. The van der Waals surface area contributed by atoms with Crippen LogP contribution < -0.4 is 14.9 Å². The molecule has 1 saturated carbocycles. The predicted molar refractivity (Wildman–Crippen MR) is 144 cm³/mol. The minimum absolute atomic E-state index is 0.725. The highest BCUT2D eigenvalue weighted by atomic mass is 28.3. The molecule has 0 radical (unpaired) electrons. The Morgan fingerprint density at radius 2 is 1.55 bits per heavy atom. The van der Waals surface area contributed by atoms with Crippen LogP contribution >= 0.6 is 0 Å². The van der Waals surface area contributed by atoms with Crippen LogP contribution in [0.1, 0.15) is 49.1 Å². The summed E-state index contributed by atoms with van der Waals surface area (Å²) in [6, 6.07) is 27.8. The molecule has 0 unspecified atom stereocenters. The minimum Gasteiger partial charge on any atom is -0.200 e. The second kappa shape index (κ2) is 8.91. The van der Waals surface area contributed by atoms with Crippen LogP contribution in [-0.2, 0) is 7.05 Å². The Morgan fingerprint density at radius 1 is 0.788 bits per heavy atom. The van der Waals surface area contributed by atoms with Gasteiger partial charge in [-0.3, -0.25) is 0 Å². The monoisotopic (exact) mass is 450 g/mol. The Bertz CT molecular complexity index is 1280. The van der Waals surface area contributed by atoms with E-state index in [1.54, 1.807) is 0 Å². The van der Waals surface area contributed by atoms with Gasteiger partial charge in [-0.2, -0.15) is 0 Å². The summed E-state index contributed by atoms with van der Waals surface area (Å²) >= 11 is 0. The SMILES string of the molecule is Cc1ccc(C2CCCCC2)cc1-c1c2ccc([Si](C)(C)c3ccccc3)cc2cc[n+]1C. The van der Waals surface area contributed by atoms with Crippen LogP contribution in [0.25, 0.3) is 22.0 Å². The van der Waals surface area contributed by atoms with Gasteiger partial charge in [-0.1, -0.05) is 97.3 Å². The van der Waals surface area contributed by atoms with Crippen LogP contribution in [-0.4, -0.2) is 8.07 Å². The van der Waals surface area contributed by atoms with Gasteiger partial charge >= 0.3 is 0 Å². The molecule has 0 atom stereocenters. The van der Waals surface area contributed by atoms with Gasteiger partial charge in [0.25, 0.3) is 0 Å². The van der Waals surface area contributed by atoms with E-state index >= 15 is 0 Å². The topological polar surface area (TPSA) is 3.88 Å². The number of aromatic nitrogens is 1. The summed E-state index contributed by atoms with van der Waals surface area (Å²) in [5.74, 6) is 0.725. The average molecular weight is 451 g/mol. The molecule has 1 heterocycles. The zero-order valence-corrected chi connectivity index (χ0v) is 21.6. The van der Waals surface area contributed by atoms with Crippen molar-refractivity contribution in [2.24, 2.45) is 7.05 Å². The maximum atomic E-state index is 2.50. The van der Waals surface area contributed by atoms with Crippen molar-refractivity contribution in [2.75, 3.05) is 0 Å². The van der Waals surface area contributed by atoms with Crippen LogP contribution in [0.3, 0.4) is 0 Å². The van der Waals surface area contributed by atoms with Crippen molar-refractivity contribution in [3.8, 4) is 11.3 Å². The number of aryl methyl sites for hydroxylation is 2. The number of nitrogens with zero attached hydrogens (tertiary/aromatic N) is 1. The number of fused-ring (bicyclic) bond motifs is 1. The molecule has 0 amide bonds. The van der Waals surface area contributed by atoms with Crippen molar-refractivity contribution in [3.63, 3.8) is 0 Å². The molecular weight excluding hydrogens is 414 g/mol. The first-order valence-corrected chi connectivity index (χ1v) is 15.5. The molecule has 0 saturated heterocycles. The molecule has 1 aliphatic rings. The van der Waals surface area contributed by atoms with E-state index in [2.05, 4.69) is 111 Å². The van der Waals surface area contributed by atoms with Crippen LogP contribution in [0, 0.1) is 6.92 Å². The molecule has 0 aliphatic heterocycles. The molecular formula is C31H36NSi+. The van der Waals surface area contributed by atoms with Crippen molar-refractivity contribution < 1.29 is 4.57 Å². The summed E-state index contributed by atoms with van der Waals surface area (Å²) in [4.78, 5) is 0. The zero-order valence-electron chi connectivity index (χ0n) is 20.6. The average Bonchev–Trinajstić information content (AvgIpc) is 2.85. The van der Waals surface area contributed by atoms with Gasteiger partial charge in [0.1, 0.15) is 15.1 Å². The minimum atomic E-state index is -1.73. The molecule has 33 heavy (non-hydrogen) atoms. The van der Waals surface area contributed by atoms with E-state index in [0.717, 1.165) is 5.92 Å². The van der Waals surface area contributed by atoms with E-state index in [4.69, 9.17) is 0 Å². The lowest BCUT2D eigenvalue weighted by Gasteiger charge is -2.24. The van der Waals surface area contributed by atoms with Gasteiger partial charge in [-0.05, 0) is 54.3 Å². The Labute approximate surface area is 200 Å². The molecule has 3 aromatic carbocycles. The van der Waals surface area contributed by atoms with Crippen molar-refractivity contribution in [3.05, 3.63) is 90.1 Å². The Morgan fingerprint density at radius 3 is 2.30 bits per heavy atom. The van der Waals surface area contributed by atoms with E-state index < -0.39 is 8.07 Å². The van der Waals surface area contributed by atoms with Gasteiger partial charge in [-0.25, -0.2) is 4.57 Å². The van der Waals surface area contributed by atoms with Crippen LogP contribution in [0.4, 0.5) is 0 Å². The first-order valence-electron chi connectivity index (χ1n) is 12.5. The highest BCUT2D eigenvalue weighted by Gasteiger charge is 2.27. The molecule has 5 rings (SSSR count). The van der Waals surface area contributed by atoms with E-state index in [-0.39, 0.29) is 0 Å². The first-order chi connectivity index (χ1) is 15.9. The standard InChI is InChI=1S/C31H36NSi/c1-23-15-16-25(24-11-7-5-8-12-24)22-30(23)31-29-18-17-28(21-26(29)19-20-32(31)2)33(3,4)27-13-9-6-10-14-27/h6,9-10,13-22,24H,5,7-8,11-12H2,1-4H3/q+1. The number of hydrogen-bond donors (Lipinski definition) is 0. The lowest BCUT2D eigenvalue weighted by Crippen LogP contribution is -2.52. The molecule has 1 fully saturated rings. The summed E-state index contributed by atoms with van der Waals surface area (Å²) in [5, 5.41) is 5.68. The maximum absolute atomic E-state index is 2.50. The third kappa shape index (κ3) is 4.17. The highest BCUT2D eigenvalue weighted by molar-refractivity contribution is 7.00. The summed E-state index contributed by atoms with van der Waals surface area (Å²) in [5.41, 5.74) is 5.62. The van der Waals surface area contributed by atoms with Crippen molar-refractivity contribution in [1.29, 1.82) is 0 Å². The molecule has 0 N–H and O–H groups in total. The number of benzene rings is 3. The Kier molecular flexibility index (Phi) is 5.97. The zero-order chi connectivity index (χ0) is 23.0. The van der Waals surface area contributed by atoms with Crippen molar-refractivity contribution in [1.82, 2.24) is 0 Å². The quantitative estimate of drug-likeness (QED) is 0.246. The maximum Gasteiger partial charge on any atom is 0.220 e. The van der Waals surface area contributed by atoms with E-state index in [9.17, 15) is 0 Å². The Hall–Kier alpha value is -2.71. The van der Waals surface area contributed by atoms with Gasteiger partial charge in [0.2, 0.25) is 5.69 Å². The van der Waals surface area contributed by atoms with Gasteiger partial charge in [0.15, 0.2) is 6.20 Å². The smallest absolute Gasteiger partial charge is 0.200 e. The summed E-state index contributed by atoms with van der Waals surface area (Å²) in [6.07, 6.45) is 9.07. The summed E-state index contributed by atoms with van der Waals surface area (Å²) < 4.78 is 2.31. The second-order valence-electron chi connectivity index (χ2n) is 10.5. The van der Waals surface area contributed by atoms with E-state index in [0.29, 0.717) is 0 Å².